The van der Waals surface area contributed by atoms with Gasteiger partial charge in [0.05, 0.1) is 0 Å². The molecule has 0 aliphatic heterocycles. The minimum Gasteiger partial charge on any atom is -0.103 e. The summed E-state index contributed by atoms with van der Waals surface area (Å²) in [7, 11) is 0. The largest absolute Gasteiger partial charge is 0.103 e. The van der Waals surface area contributed by atoms with Crippen LogP contribution in [0.15, 0.2) is 48.6 Å². The van der Waals surface area contributed by atoms with Gasteiger partial charge in [0.25, 0.3) is 0 Å². The van der Waals surface area contributed by atoms with Gasteiger partial charge in [0.2, 0.25) is 0 Å². The lowest BCUT2D eigenvalue weighted by atomic mass is 10.0. The Morgan fingerprint density at radius 2 is 1.40 bits per heavy atom. The molecule has 15 heavy (non-hydrogen) atoms. The highest BCUT2D eigenvalue weighted by atomic mass is 14.1. The molecular weight excluding hydrogens is 180 g/mol. The molecule has 0 unspecified atom stereocenters. The number of hydrogen-bond donors (Lipinski definition) is 0. The van der Waals surface area contributed by atoms with E-state index in [-0.39, 0.29) is 0 Å². The van der Waals surface area contributed by atoms with Crippen LogP contribution in [0.3, 0.4) is 0 Å². The van der Waals surface area contributed by atoms with Crippen molar-refractivity contribution in [1.29, 1.82) is 0 Å². The zero-order chi connectivity index (χ0) is 10.9. The van der Waals surface area contributed by atoms with E-state index in [1.165, 1.54) is 32.1 Å². The molecule has 0 heteroatoms. The van der Waals surface area contributed by atoms with Crippen molar-refractivity contribution in [2.45, 2.75) is 44.9 Å². The summed E-state index contributed by atoms with van der Waals surface area (Å²) in [6.07, 6.45) is 17.1. The number of rotatable bonds is 8. The lowest BCUT2D eigenvalue weighted by Crippen LogP contribution is -1.84. The highest BCUT2D eigenvalue weighted by Gasteiger charge is 2.07. The fraction of sp³-hybridized carbons (Fsp3) is 0.467. The maximum atomic E-state index is 3.75. The summed E-state index contributed by atoms with van der Waals surface area (Å²) >= 11 is 0. The van der Waals surface area contributed by atoms with E-state index in [9.17, 15) is 0 Å². The van der Waals surface area contributed by atoms with Crippen LogP contribution < -0.4 is 0 Å². The van der Waals surface area contributed by atoms with Gasteiger partial charge in [-0.25, -0.2) is 0 Å². The van der Waals surface area contributed by atoms with Gasteiger partial charge >= 0.3 is 0 Å². The predicted molar refractivity (Wildman–Crippen MR) is 68.9 cm³/mol. The van der Waals surface area contributed by atoms with Crippen molar-refractivity contribution in [3.8, 4) is 0 Å². The van der Waals surface area contributed by atoms with Gasteiger partial charge in [-0.15, -0.1) is 13.2 Å². The molecule has 0 aromatic carbocycles. The molecule has 0 bridgehead atoms. The van der Waals surface area contributed by atoms with Gasteiger partial charge in [-0.05, 0) is 44.9 Å². The third kappa shape index (κ3) is 4.83. The molecule has 0 saturated heterocycles. The molecule has 0 aromatic heterocycles. The van der Waals surface area contributed by atoms with Crippen LogP contribution in [0.2, 0.25) is 0 Å². The SMILES string of the molecule is C=CCCCC1=CC=C(CCCC=C)C1. The molecular formula is C15H22. The quantitative estimate of drug-likeness (QED) is 0.385. The Labute approximate surface area is 94.1 Å². The Kier molecular flexibility index (Phi) is 5.84. The third-order valence-electron chi connectivity index (χ3n) is 2.82. The van der Waals surface area contributed by atoms with Crippen molar-refractivity contribution < 1.29 is 0 Å². The minimum atomic E-state index is 1.14. The second kappa shape index (κ2) is 7.28. The van der Waals surface area contributed by atoms with E-state index in [4.69, 9.17) is 0 Å². The van der Waals surface area contributed by atoms with Crippen molar-refractivity contribution in [1.82, 2.24) is 0 Å². The van der Waals surface area contributed by atoms with Crippen LogP contribution in [0.5, 0.6) is 0 Å². The number of unbranched alkanes of at least 4 members (excludes halogenated alkanes) is 2. The van der Waals surface area contributed by atoms with Crippen molar-refractivity contribution in [2.75, 3.05) is 0 Å². The second-order valence-corrected chi connectivity index (χ2v) is 4.19. The fourth-order valence-electron chi connectivity index (χ4n) is 1.94. The van der Waals surface area contributed by atoms with Gasteiger partial charge in [-0.3, -0.25) is 0 Å². The van der Waals surface area contributed by atoms with Crippen LogP contribution in [0.25, 0.3) is 0 Å². The van der Waals surface area contributed by atoms with Crippen LogP contribution in [0.1, 0.15) is 44.9 Å². The van der Waals surface area contributed by atoms with Gasteiger partial charge in [0.1, 0.15) is 0 Å². The molecule has 1 aliphatic carbocycles. The van der Waals surface area contributed by atoms with Crippen molar-refractivity contribution >= 4 is 0 Å². The van der Waals surface area contributed by atoms with Gasteiger partial charge in [0, 0.05) is 0 Å². The topological polar surface area (TPSA) is 0 Å². The second-order valence-electron chi connectivity index (χ2n) is 4.19. The molecule has 1 rings (SSSR count). The molecule has 0 fully saturated rings. The average Bonchev–Trinajstić information content (AvgIpc) is 2.67. The molecule has 0 aromatic rings. The first-order valence-corrected chi connectivity index (χ1v) is 5.96. The molecule has 0 N–H and O–H groups in total. The smallest absolute Gasteiger partial charge is 0.0102 e. The predicted octanol–water partition coefficient (Wildman–Crippen LogP) is 4.96. The molecule has 0 heterocycles. The van der Waals surface area contributed by atoms with E-state index in [1.807, 2.05) is 12.2 Å². The van der Waals surface area contributed by atoms with E-state index in [1.54, 1.807) is 11.1 Å². The van der Waals surface area contributed by atoms with Gasteiger partial charge in [0.15, 0.2) is 0 Å². The van der Waals surface area contributed by atoms with E-state index in [2.05, 4.69) is 25.3 Å². The Hall–Kier alpha value is -1.04. The Balaban J connectivity index is 2.12. The van der Waals surface area contributed by atoms with E-state index >= 15 is 0 Å². The summed E-state index contributed by atoms with van der Waals surface area (Å²) in [5, 5.41) is 0. The standard InChI is InChI=1S/C15H22/c1-3-5-7-9-14-11-12-15(13-14)10-8-6-4-2/h3-4,11-12H,1-2,5-10,13H2. The van der Waals surface area contributed by atoms with Gasteiger partial charge < -0.3 is 0 Å². The van der Waals surface area contributed by atoms with Gasteiger partial charge in [-0.1, -0.05) is 35.5 Å². The zero-order valence-corrected chi connectivity index (χ0v) is 9.67. The van der Waals surface area contributed by atoms with Crippen molar-refractivity contribution in [3.63, 3.8) is 0 Å². The number of allylic oxidation sites excluding steroid dienone is 6. The van der Waals surface area contributed by atoms with Gasteiger partial charge in [-0.2, -0.15) is 0 Å². The molecule has 0 radical (unpaired) electrons. The van der Waals surface area contributed by atoms with Crippen LogP contribution in [-0.4, -0.2) is 0 Å². The Morgan fingerprint density at radius 3 is 1.80 bits per heavy atom. The highest BCUT2D eigenvalue weighted by Crippen LogP contribution is 2.26. The molecule has 0 atom stereocenters. The Morgan fingerprint density at radius 1 is 0.933 bits per heavy atom. The molecule has 0 amide bonds. The highest BCUT2D eigenvalue weighted by molar-refractivity contribution is 5.30. The molecule has 0 spiro atoms. The summed E-state index contributed by atoms with van der Waals surface area (Å²) in [6, 6.07) is 0. The third-order valence-corrected chi connectivity index (χ3v) is 2.82. The van der Waals surface area contributed by atoms with Crippen LogP contribution in [0, 0.1) is 0 Å². The molecule has 82 valence electrons. The van der Waals surface area contributed by atoms with Crippen molar-refractivity contribution in [2.24, 2.45) is 0 Å². The lowest BCUT2D eigenvalue weighted by molar-refractivity contribution is 0.781. The first-order valence-electron chi connectivity index (χ1n) is 5.96. The minimum absolute atomic E-state index is 1.14. The normalized spacial score (nSPS) is 14.7. The van der Waals surface area contributed by atoms with E-state index < -0.39 is 0 Å². The first kappa shape index (κ1) is 12.0. The maximum Gasteiger partial charge on any atom is -0.0102 e. The lowest BCUT2D eigenvalue weighted by Gasteiger charge is -2.04. The number of hydrogen-bond acceptors (Lipinski definition) is 0. The summed E-state index contributed by atoms with van der Waals surface area (Å²) in [5.74, 6) is 0. The summed E-state index contributed by atoms with van der Waals surface area (Å²) in [6.45, 7) is 7.50. The monoisotopic (exact) mass is 202 g/mol. The maximum absolute atomic E-state index is 3.75. The zero-order valence-electron chi connectivity index (χ0n) is 9.67. The fourth-order valence-corrected chi connectivity index (χ4v) is 1.94. The molecule has 0 nitrogen and oxygen atoms in total. The van der Waals surface area contributed by atoms with E-state index in [0.29, 0.717) is 0 Å². The van der Waals surface area contributed by atoms with Crippen LogP contribution >= 0.6 is 0 Å². The van der Waals surface area contributed by atoms with Crippen molar-refractivity contribution in [3.05, 3.63) is 48.6 Å². The molecule has 1 aliphatic rings. The van der Waals surface area contributed by atoms with Crippen LogP contribution in [-0.2, 0) is 0 Å². The summed E-state index contributed by atoms with van der Waals surface area (Å²) in [5.41, 5.74) is 3.20. The van der Waals surface area contributed by atoms with Crippen LogP contribution in [0.4, 0.5) is 0 Å². The summed E-state index contributed by atoms with van der Waals surface area (Å²) < 4.78 is 0. The molecule has 0 saturated carbocycles. The Bertz CT molecular complexity index is 238. The first-order chi connectivity index (χ1) is 7.36. The average molecular weight is 202 g/mol. The van der Waals surface area contributed by atoms with E-state index in [0.717, 1.165) is 12.8 Å². The summed E-state index contributed by atoms with van der Waals surface area (Å²) in [4.78, 5) is 0.